The number of fused-ring (bicyclic) bond motifs is 1. The minimum absolute atomic E-state index is 0.126. The first-order chi connectivity index (χ1) is 10.1. The minimum Gasteiger partial charge on any atom is -0.393 e. The van der Waals surface area contributed by atoms with Crippen LogP contribution in [0.3, 0.4) is 0 Å². The standard InChI is InChI=1S/C20H26O/c1-14(2)16-10-11-20(21)18(12-16)13-17-8-5-7-15-6-3-4-9-19(15)17/h3-9,14,16,18,20-21H,10-13H2,1-2H3. The molecule has 1 heteroatoms. The molecule has 3 atom stereocenters. The van der Waals surface area contributed by atoms with Crippen LogP contribution in [-0.4, -0.2) is 11.2 Å². The summed E-state index contributed by atoms with van der Waals surface area (Å²) in [6.07, 6.45) is 4.20. The summed E-state index contributed by atoms with van der Waals surface area (Å²) in [5.41, 5.74) is 1.39. The Balaban J connectivity index is 1.83. The van der Waals surface area contributed by atoms with Crippen LogP contribution >= 0.6 is 0 Å². The second-order valence-corrected chi connectivity index (χ2v) is 6.99. The normalized spacial score (nSPS) is 26.4. The Morgan fingerprint density at radius 1 is 1.05 bits per heavy atom. The van der Waals surface area contributed by atoms with Crippen molar-refractivity contribution in [3.8, 4) is 0 Å². The summed E-state index contributed by atoms with van der Waals surface area (Å²) < 4.78 is 0. The van der Waals surface area contributed by atoms with Gasteiger partial charge in [-0.1, -0.05) is 56.3 Å². The van der Waals surface area contributed by atoms with Gasteiger partial charge in [-0.25, -0.2) is 0 Å². The van der Waals surface area contributed by atoms with Crippen molar-refractivity contribution in [3.05, 3.63) is 48.0 Å². The van der Waals surface area contributed by atoms with Crippen molar-refractivity contribution < 1.29 is 5.11 Å². The van der Waals surface area contributed by atoms with E-state index in [0.29, 0.717) is 5.92 Å². The van der Waals surface area contributed by atoms with Gasteiger partial charge in [0.1, 0.15) is 0 Å². The fourth-order valence-electron chi connectivity index (χ4n) is 3.86. The molecule has 1 N–H and O–H groups in total. The molecule has 21 heavy (non-hydrogen) atoms. The first kappa shape index (κ1) is 14.6. The van der Waals surface area contributed by atoms with E-state index >= 15 is 0 Å². The van der Waals surface area contributed by atoms with Crippen LogP contribution in [0, 0.1) is 17.8 Å². The first-order valence-electron chi connectivity index (χ1n) is 8.30. The zero-order valence-corrected chi connectivity index (χ0v) is 13.1. The summed E-state index contributed by atoms with van der Waals surface area (Å²) in [5.74, 6) is 1.91. The second-order valence-electron chi connectivity index (χ2n) is 6.99. The van der Waals surface area contributed by atoms with E-state index in [-0.39, 0.29) is 6.10 Å². The quantitative estimate of drug-likeness (QED) is 0.856. The van der Waals surface area contributed by atoms with Gasteiger partial charge in [0.25, 0.3) is 0 Å². The highest BCUT2D eigenvalue weighted by molar-refractivity contribution is 5.85. The van der Waals surface area contributed by atoms with Crippen LogP contribution in [0.5, 0.6) is 0 Å². The molecule has 0 aromatic heterocycles. The molecule has 3 unspecified atom stereocenters. The highest BCUT2D eigenvalue weighted by Crippen LogP contribution is 2.36. The molecule has 1 nitrogen and oxygen atoms in total. The lowest BCUT2D eigenvalue weighted by atomic mass is 9.72. The lowest BCUT2D eigenvalue weighted by molar-refractivity contribution is 0.0380. The summed E-state index contributed by atoms with van der Waals surface area (Å²) in [7, 11) is 0. The van der Waals surface area contributed by atoms with Gasteiger partial charge in [-0.05, 0) is 59.8 Å². The van der Waals surface area contributed by atoms with Crippen LogP contribution in [-0.2, 0) is 6.42 Å². The number of hydrogen-bond donors (Lipinski definition) is 1. The van der Waals surface area contributed by atoms with E-state index in [2.05, 4.69) is 56.3 Å². The van der Waals surface area contributed by atoms with Crippen molar-refractivity contribution in [3.63, 3.8) is 0 Å². The van der Waals surface area contributed by atoms with E-state index < -0.39 is 0 Å². The third kappa shape index (κ3) is 3.13. The van der Waals surface area contributed by atoms with Crippen molar-refractivity contribution in [2.45, 2.75) is 45.6 Å². The van der Waals surface area contributed by atoms with Crippen LogP contribution < -0.4 is 0 Å². The molecule has 112 valence electrons. The van der Waals surface area contributed by atoms with E-state index in [1.807, 2.05) is 0 Å². The molecule has 0 bridgehead atoms. The van der Waals surface area contributed by atoms with Crippen molar-refractivity contribution in [2.24, 2.45) is 17.8 Å². The molecular formula is C20H26O. The second kappa shape index (κ2) is 6.19. The molecule has 0 radical (unpaired) electrons. The van der Waals surface area contributed by atoms with E-state index in [4.69, 9.17) is 0 Å². The predicted octanol–water partition coefficient (Wildman–Crippen LogP) is 4.82. The van der Waals surface area contributed by atoms with Gasteiger partial charge >= 0.3 is 0 Å². The van der Waals surface area contributed by atoms with Gasteiger partial charge in [0, 0.05) is 0 Å². The van der Waals surface area contributed by atoms with Gasteiger partial charge in [0.15, 0.2) is 0 Å². The number of benzene rings is 2. The first-order valence-corrected chi connectivity index (χ1v) is 8.30. The Morgan fingerprint density at radius 3 is 2.62 bits per heavy atom. The molecule has 0 heterocycles. The van der Waals surface area contributed by atoms with Crippen LogP contribution in [0.15, 0.2) is 42.5 Å². The van der Waals surface area contributed by atoms with Gasteiger partial charge in [-0.2, -0.15) is 0 Å². The average Bonchev–Trinajstić information content (AvgIpc) is 2.49. The van der Waals surface area contributed by atoms with Crippen molar-refractivity contribution >= 4 is 10.8 Å². The lowest BCUT2D eigenvalue weighted by Gasteiger charge is -2.35. The fourth-order valence-corrected chi connectivity index (χ4v) is 3.86. The zero-order chi connectivity index (χ0) is 14.8. The van der Waals surface area contributed by atoms with Crippen LogP contribution in [0.2, 0.25) is 0 Å². The third-order valence-corrected chi connectivity index (χ3v) is 5.29. The number of rotatable bonds is 3. The topological polar surface area (TPSA) is 20.2 Å². The lowest BCUT2D eigenvalue weighted by Crippen LogP contribution is -2.32. The molecule has 1 aliphatic carbocycles. The van der Waals surface area contributed by atoms with Gasteiger partial charge in [-0.3, -0.25) is 0 Å². The van der Waals surface area contributed by atoms with Crippen LogP contribution in [0.4, 0.5) is 0 Å². The third-order valence-electron chi connectivity index (χ3n) is 5.29. The van der Waals surface area contributed by atoms with Crippen molar-refractivity contribution in [1.29, 1.82) is 0 Å². The van der Waals surface area contributed by atoms with Crippen molar-refractivity contribution in [2.75, 3.05) is 0 Å². The van der Waals surface area contributed by atoms with Gasteiger partial charge in [-0.15, -0.1) is 0 Å². The molecule has 0 spiro atoms. The predicted molar refractivity (Wildman–Crippen MR) is 89.3 cm³/mol. The van der Waals surface area contributed by atoms with Gasteiger partial charge in [0.2, 0.25) is 0 Å². The summed E-state index contributed by atoms with van der Waals surface area (Å²) in [6.45, 7) is 4.63. The molecule has 0 saturated heterocycles. The Bertz CT molecular complexity index is 596. The Hall–Kier alpha value is -1.34. The molecule has 2 aromatic rings. The maximum absolute atomic E-state index is 10.4. The Morgan fingerprint density at radius 2 is 1.81 bits per heavy atom. The molecule has 3 rings (SSSR count). The number of aliphatic hydroxyl groups excluding tert-OH is 1. The molecule has 0 amide bonds. The molecule has 2 aromatic carbocycles. The van der Waals surface area contributed by atoms with Crippen LogP contribution in [0.1, 0.15) is 38.7 Å². The van der Waals surface area contributed by atoms with Gasteiger partial charge in [0.05, 0.1) is 6.10 Å². The summed E-state index contributed by atoms with van der Waals surface area (Å²) in [5, 5.41) is 13.1. The largest absolute Gasteiger partial charge is 0.393 e. The smallest absolute Gasteiger partial charge is 0.0571 e. The number of hydrogen-bond acceptors (Lipinski definition) is 1. The van der Waals surface area contributed by atoms with E-state index in [1.54, 1.807) is 0 Å². The Labute approximate surface area is 128 Å². The summed E-state index contributed by atoms with van der Waals surface area (Å²) in [6, 6.07) is 15.1. The van der Waals surface area contributed by atoms with E-state index in [1.165, 1.54) is 29.2 Å². The summed E-state index contributed by atoms with van der Waals surface area (Å²) in [4.78, 5) is 0. The molecule has 1 fully saturated rings. The fraction of sp³-hybridized carbons (Fsp3) is 0.500. The highest BCUT2D eigenvalue weighted by Gasteiger charge is 2.30. The zero-order valence-electron chi connectivity index (χ0n) is 13.1. The van der Waals surface area contributed by atoms with Gasteiger partial charge < -0.3 is 5.11 Å². The Kier molecular flexibility index (Phi) is 4.30. The molecular weight excluding hydrogens is 256 g/mol. The molecule has 0 aliphatic heterocycles. The molecule has 1 saturated carbocycles. The monoisotopic (exact) mass is 282 g/mol. The van der Waals surface area contributed by atoms with E-state index in [0.717, 1.165) is 24.7 Å². The molecule has 1 aliphatic rings. The van der Waals surface area contributed by atoms with Crippen molar-refractivity contribution in [1.82, 2.24) is 0 Å². The highest BCUT2D eigenvalue weighted by atomic mass is 16.3. The van der Waals surface area contributed by atoms with E-state index in [9.17, 15) is 5.11 Å². The SMILES string of the molecule is CC(C)C1CCC(O)C(Cc2cccc3ccccc23)C1. The maximum Gasteiger partial charge on any atom is 0.0571 e. The average molecular weight is 282 g/mol. The summed E-state index contributed by atoms with van der Waals surface area (Å²) >= 11 is 0. The maximum atomic E-state index is 10.4. The number of aliphatic hydroxyl groups is 1. The van der Waals surface area contributed by atoms with Crippen LogP contribution in [0.25, 0.3) is 10.8 Å². The minimum atomic E-state index is -0.126.